The summed E-state index contributed by atoms with van der Waals surface area (Å²) in [6.45, 7) is 9.99. The Balaban J connectivity index is 1.93. The quantitative estimate of drug-likeness (QED) is 0.576. The lowest BCUT2D eigenvalue weighted by Crippen LogP contribution is -2.28. The van der Waals surface area contributed by atoms with Gasteiger partial charge in [0.15, 0.2) is 0 Å². The Bertz CT molecular complexity index is 438. The average Bonchev–Trinajstić information content (AvgIpc) is 2.73. The summed E-state index contributed by atoms with van der Waals surface area (Å²) >= 11 is 0. The van der Waals surface area contributed by atoms with Crippen molar-refractivity contribution in [3.63, 3.8) is 0 Å². The lowest BCUT2D eigenvalue weighted by Gasteiger charge is -2.38. The molecule has 0 N–H and O–H groups in total. The number of cyclic esters (lactones) is 1. The number of allylic oxidation sites excluding steroid dienone is 2. The summed E-state index contributed by atoms with van der Waals surface area (Å²) in [5.74, 6) is 0.618. The van der Waals surface area contributed by atoms with Crippen molar-refractivity contribution >= 4 is 11.8 Å². The zero-order valence-corrected chi connectivity index (χ0v) is 13.1. The van der Waals surface area contributed by atoms with E-state index in [-0.39, 0.29) is 6.09 Å². The van der Waals surface area contributed by atoms with Gasteiger partial charge in [0.1, 0.15) is 6.61 Å². The Morgan fingerprint density at radius 2 is 2.30 bits per heavy atom. The van der Waals surface area contributed by atoms with Gasteiger partial charge < -0.3 is 4.74 Å². The topological polar surface area (TPSA) is 41.9 Å². The van der Waals surface area contributed by atoms with Crippen LogP contribution in [0.3, 0.4) is 0 Å². The minimum absolute atomic E-state index is 0.321. The minimum atomic E-state index is -0.321. The van der Waals surface area contributed by atoms with Crippen molar-refractivity contribution in [3.8, 4) is 0 Å². The molecule has 1 unspecified atom stereocenters. The van der Waals surface area contributed by atoms with Crippen LogP contribution >= 0.6 is 0 Å². The van der Waals surface area contributed by atoms with Crippen LogP contribution in [-0.4, -0.2) is 30.0 Å². The Kier molecular flexibility index (Phi) is 4.51. The van der Waals surface area contributed by atoms with Gasteiger partial charge in [-0.2, -0.15) is 10.1 Å². The molecule has 1 heterocycles. The molecule has 2 rings (SSSR count). The van der Waals surface area contributed by atoms with Crippen LogP contribution in [0.1, 0.15) is 53.4 Å². The van der Waals surface area contributed by atoms with E-state index < -0.39 is 0 Å². The van der Waals surface area contributed by atoms with Gasteiger partial charge in [-0.25, -0.2) is 4.79 Å². The van der Waals surface area contributed by atoms with E-state index in [0.717, 1.165) is 18.6 Å². The monoisotopic (exact) mass is 278 g/mol. The molecule has 1 saturated heterocycles. The van der Waals surface area contributed by atoms with Gasteiger partial charge in [-0.05, 0) is 50.9 Å². The molecule has 4 heteroatoms. The molecule has 2 aliphatic rings. The number of hydrogen-bond donors (Lipinski definition) is 0. The van der Waals surface area contributed by atoms with Crippen molar-refractivity contribution in [1.82, 2.24) is 5.01 Å². The number of nitrogens with zero attached hydrogens (tertiary/aromatic N) is 2. The first-order valence-electron chi connectivity index (χ1n) is 7.55. The van der Waals surface area contributed by atoms with Gasteiger partial charge in [-0.15, -0.1) is 0 Å². The number of ether oxygens (including phenoxy) is 1. The van der Waals surface area contributed by atoms with Crippen molar-refractivity contribution in [1.29, 1.82) is 0 Å². The van der Waals surface area contributed by atoms with Crippen molar-refractivity contribution < 1.29 is 9.53 Å². The van der Waals surface area contributed by atoms with E-state index >= 15 is 0 Å². The number of hydrazone groups is 1. The van der Waals surface area contributed by atoms with Crippen LogP contribution in [0.2, 0.25) is 0 Å². The molecule has 0 aromatic carbocycles. The second-order valence-electron chi connectivity index (χ2n) is 6.64. The van der Waals surface area contributed by atoms with Gasteiger partial charge in [0.2, 0.25) is 0 Å². The smallest absolute Gasteiger partial charge is 0.430 e. The van der Waals surface area contributed by atoms with E-state index in [9.17, 15) is 4.79 Å². The molecule has 20 heavy (non-hydrogen) atoms. The molecular formula is C16H26N2O2. The van der Waals surface area contributed by atoms with Gasteiger partial charge in [0, 0.05) is 5.71 Å². The molecule has 0 aromatic rings. The van der Waals surface area contributed by atoms with Crippen LogP contribution in [0.25, 0.3) is 0 Å². The summed E-state index contributed by atoms with van der Waals surface area (Å²) in [5, 5.41) is 5.80. The van der Waals surface area contributed by atoms with E-state index in [2.05, 4.69) is 31.9 Å². The van der Waals surface area contributed by atoms with E-state index in [0.29, 0.717) is 24.5 Å². The number of carbonyl (C=O) groups is 1. The predicted molar refractivity (Wildman–Crippen MR) is 80.7 cm³/mol. The van der Waals surface area contributed by atoms with Gasteiger partial charge in [-0.3, -0.25) is 0 Å². The van der Waals surface area contributed by atoms with E-state index in [1.807, 2.05) is 6.92 Å². The lowest BCUT2D eigenvalue weighted by molar-refractivity contribution is 0.159. The van der Waals surface area contributed by atoms with Crippen molar-refractivity contribution in [3.05, 3.63) is 11.6 Å². The number of amides is 1. The second kappa shape index (κ2) is 5.98. The van der Waals surface area contributed by atoms with Crippen LogP contribution in [0.5, 0.6) is 0 Å². The number of hydrogen-bond acceptors (Lipinski definition) is 3. The van der Waals surface area contributed by atoms with Crippen LogP contribution in [-0.2, 0) is 4.74 Å². The maximum absolute atomic E-state index is 11.4. The molecule has 4 nitrogen and oxygen atoms in total. The summed E-state index contributed by atoms with van der Waals surface area (Å²) in [7, 11) is 0. The maximum atomic E-state index is 11.4. The number of rotatable bonds is 4. The third-order valence-corrected chi connectivity index (χ3v) is 4.57. The molecule has 1 aliphatic heterocycles. The molecule has 0 bridgehead atoms. The van der Waals surface area contributed by atoms with Crippen molar-refractivity contribution in [2.45, 2.75) is 53.4 Å². The SMILES string of the molecule is CC1=CCCC(C)(C)C1CC/C(C)=N/N1CCOC1=O. The van der Waals surface area contributed by atoms with Gasteiger partial charge in [0.05, 0.1) is 6.54 Å². The van der Waals surface area contributed by atoms with Crippen molar-refractivity contribution in [2.24, 2.45) is 16.4 Å². The van der Waals surface area contributed by atoms with E-state index in [1.54, 1.807) is 0 Å². The highest BCUT2D eigenvalue weighted by Crippen LogP contribution is 2.43. The molecule has 0 spiro atoms. The normalized spacial score (nSPS) is 26.5. The van der Waals surface area contributed by atoms with Crippen LogP contribution in [0.15, 0.2) is 16.8 Å². The summed E-state index contributed by atoms with van der Waals surface area (Å²) in [6, 6.07) is 0. The van der Waals surface area contributed by atoms with Crippen LogP contribution in [0.4, 0.5) is 4.79 Å². The van der Waals surface area contributed by atoms with E-state index in [1.165, 1.54) is 23.4 Å². The minimum Gasteiger partial charge on any atom is -0.446 e. The zero-order chi connectivity index (χ0) is 14.8. The maximum Gasteiger partial charge on any atom is 0.430 e. The second-order valence-corrected chi connectivity index (χ2v) is 6.64. The average molecular weight is 278 g/mol. The summed E-state index contributed by atoms with van der Waals surface area (Å²) in [4.78, 5) is 11.4. The first-order chi connectivity index (χ1) is 9.40. The Morgan fingerprint density at radius 1 is 1.55 bits per heavy atom. The predicted octanol–water partition coefficient (Wildman–Crippen LogP) is 3.98. The fourth-order valence-corrected chi connectivity index (χ4v) is 3.31. The summed E-state index contributed by atoms with van der Waals surface area (Å²) in [5.41, 5.74) is 2.89. The molecule has 1 fully saturated rings. The largest absolute Gasteiger partial charge is 0.446 e. The Hall–Kier alpha value is -1.32. The van der Waals surface area contributed by atoms with E-state index in [4.69, 9.17) is 4.74 Å². The third-order valence-electron chi connectivity index (χ3n) is 4.57. The standard InChI is InChI=1S/C16H26N2O2/c1-12-6-5-9-16(3,4)14(12)8-7-13(2)17-18-10-11-20-15(18)19/h6,14H,5,7-11H2,1-4H3/b17-13+. The molecule has 1 atom stereocenters. The molecule has 0 aromatic heterocycles. The molecular weight excluding hydrogens is 252 g/mol. The number of carbonyl (C=O) groups excluding carboxylic acids is 1. The van der Waals surface area contributed by atoms with Gasteiger partial charge in [-0.1, -0.05) is 25.5 Å². The van der Waals surface area contributed by atoms with Crippen LogP contribution < -0.4 is 0 Å². The van der Waals surface area contributed by atoms with Crippen molar-refractivity contribution in [2.75, 3.05) is 13.2 Å². The van der Waals surface area contributed by atoms with Gasteiger partial charge >= 0.3 is 6.09 Å². The molecule has 0 radical (unpaired) electrons. The Morgan fingerprint density at radius 3 is 2.90 bits per heavy atom. The fraction of sp³-hybridized carbons (Fsp3) is 0.750. The molecule has 1 aliphatic carbocycles. The van der Waals surface area contributed by atoms with Gasteiger partial charge in [0.25, 0.3) is 0 Å². The third kappa shape index (κ3) is 3.41. The van der Waals surface area contributed by atoms with Crippen LogP contribution in [0, 0.1) is 11.3 Å². The molecule has 1 amide bonds. The highest BCUT2D eigenvalue weighted by molar-refractivity contribution is 5.83. The lowest BCUT2D eigenvalue weighted by atomic mass is 9.67. The molecule has 112 valence electrons. The first kappa shape index (κ1) is 15.1. The fourth-order valence-electron chi connectivity index (χ4n) is 3.31. The zero-order valence-electron chi connectivity index (χ0n) is 13.1. The Labute approximate surface area is 121 Å². The molecule has 0 saturated carbocycles. The summed E-state index contributed by atoms with van der Waals surface area (Å²) in [6.07, 6.45) is 6.54. The highest BCUT2D eigenvalue weighted by Gasteiger charge is 2.32. The summed E-state index contributed by atoms with van der Waals surface area (Å²) < 4.78 is 4.88. The first-order valence-corrected chi connectivity index (χ1v) is 7.55. The highest BCUT2D eigenvalue weighted by atomic mass is 16.6.